The number of anilines is 1. The summed E-state index contributed by atoms with van der Waals surface area (Å²) in [6.07, 6.45) is 0.416. The fraction of sp³-hybridized carbons (Fsp3) is 0.273. The Balaban J connectivity index is 2.38. The zero-order valence-corrected chi connectivity index (χ0v) is 8.51. The van der Waals surface area contributed by atoms with Crippen LogP contribution in [-0.4, -0.2) is 35.1 Å². The maximum absolute atomic E-state index is 11.6. The number of carbonyl (C=O) groups is 2. The summed E-state index contributed by atoms with van der Waals surface area (Å²) in [6.45, 7) is 0.268. The van der Waals surface area contributed by atoms with Crippen molar-refractivity contribution in [1.29, 1.82) is 0 Å². The third-order valence-corrected chi connectivity index (χ3v) is 2.49. The van der Waals surface area contributed by atoms with Crippen molar-refractivity contribution in [2.45, 2.75) is 6.42 Å². The predicted octanol–water partition coefficient (Wildman–Crippen LogP) is 0.304. The topological polar surface area (TPSA) is 77.8 Å². The van der Waals surface area contributed by atoms with Crippen molar-refractivity contribution < 1.29 is 19.8 Å². The lowest BCUT2D eigenvalue weighted by Crippen LogP contribution is -2.31. The summed E-state index contributed by atoms with van der Waals surface area (Å²) in [5.41, 5.74) is 0.726. The van der Waals surface area contributed by atoms with Gasteiger partial charge in [0.2, 0.25) is 0 Å². The molecule has 0 saturated heterocycles. The van der Waals surface area contributed by atoms with Crippen LogP contribution in [0.25, 0.3) is 0 Å². The van der Waals surface area contributed by atoms with Crippen molar-refractivity contribution in [3.63, 3.8) is 0 Å². The molecule has 0 radical (unpaired) electrons. The Morgan fingerprint density at radius 2 is 2.00 bits per heavy atom. The van der Waals surface area contributed by atoms with Crippen LogP contribution in [-0.2, 0) is 4.79 Å². The SMILES string of the molecule is O=C1C(=O)N(CCCO)c2ccc(O)cc21. The normalized spacial score (nSPS) is 14.4. The van der Waals surface area contributed by atoms with Crippen LogP contribution in [0.4, 0.5) is 5.69 Å². The first kappa shape index (κ1) is 10.6. The number of aliphatic hydroxyl groups excluding tert-OH is 1. The number of nitrogens with zero attached hydrogens (tertiary/aromatic N) is 1. The lowest BCUT2D eigenvalue weighted by atomic mass is 10.1. The average Bonchev–Trinajstić information content (AvgIpc) is 2.50. The van der Waals surface area contributed by atoms with Gasteiger partial charge in [0.1, 0.15) is 5.75 Å². The van der Waals surface area contributed by atoms with Gasteiger partial charge in [-0.1, -0.05) is 0 Å². The molecule has 0 spiro atoms. The highest BCUT2D eigenvalue weighted by atomic mass is 16.3. The van der Waals surface area contributed by atoms with Gasteiger partial charge >= 0.3 is 0 Å². The summed E-state index contributed by atoms with van der Waals surface area (Å²) in [5, 5.41) is 17.9. The third-order valence-electron chi connectivity index (χ3n) is 2.49. The first-order valence-electron chi connectivity index (χ1n) is 4.95. The Morgan fingerprint density at radius 3 is 2.69 bits per heavy atom. The van der Waals surface area contributed by atoms with Crippen LogP contribution in [0.3, 0.4) is 0 Å². The van der Waals surface area contributed by atoms with Crippen molar-refractivity contribution >= 4 is 17.4 Å². The largest absolute Gasteiger partial charge is 0.508 e. The van der Waals surface area contributed by atoms with Crippen molar-refractivity contribution in [2.75, 3.05) is 18.1 Å². The van der Waals surface area contributed by atoms with E-state index in [-0.39, 0.29) is 17.9 Å². The molecule has 5 heteroatoms. The Morgan fingerprint density at radius 1 is 1.25 bits per heavy atom. The zero-order chi connectivity index (χ0) is 11.7. The molecule has 0 fully saturated rings. The van der Waals surface area contributed by atoms with Gasteiger partial charge in [-0.05, 0) is 24.6 Å². The zero-order valence-electron chi connectivity index (χ0n) is 8.51. The number of ketones is 1. The summed E-state index contributed by atoms with van der Waals surface area (Å²) in [6, 6.07) is 4.25. The van der Waals surface area contributed by atoms with Crippen LogP contribution >= 0.6 is 0 Å². The van der Waals surface area contributed by atoms with E-state index in [9.17, 15) is 14.7 Å². The molecule has 1 aliphatic rings. The minimum absolute atomic E-state index is 0.0363. The molecule has 84 valence electrons. The second kappa shape index (κ2) is 3.94. The second-order valence-electron chi connectivity index (χ2n) is 3.56. The van der Waals surface area contributed by atoms with E-state index in [1.165, 1.54) is 23.1 Å². The molecule has 1 aliphatic heterocycles. The van der Waals surface area contributed by atoms with Crippen molar-refractivity contribution in [3.05, 3.63) is 23.8 Å². The molecule has 1 aromatic carbocycles. The molecule has 0 bridgehead atoms. The van der Waals surface area contributed by atoms with E-state index in [4.69, 9.17) is 5.11 Å². The molecule has 1 amide bonds. The molecular formula is C11H11NO4. The smallest absolute Gasteiger partial charge is 0.299 e. The van der Waals surface area contributed by atoms with Gasteiger partial charge < -0.3 is 15.1 Å². The number of phenols is 1. The number of aliphatic hydroxyl groups is 1. The highest BCUT2D eigenvalue weighted by Crippen LogP contribution is 2.31. The number of fused-ring (bicyclic) bond motifs is 1. The fourth-order valence-electron chi connectivity index (χ4n) is 1.74. The minimum atomic E-state index is -0.608. The number of hydrogen-bond donors (Lipinski definition) is 2. The van der Waals surface area contributed by atoms with E-state index in [2.05, 4.69) is 0 Å². The number of phenolic OH excluding ortho intramolecular Hbond substituents is 1. The quantitative estimate of drug-likeness (QED) is 0.720. The second-order valence-corrected chi connectivity index (χ2v) is 3.56. The molecule has 0 unspecified atom stereocenters. The van der Waals surface area contributed by atoms with Gasteiger partial charge in [0, 0.05) is 13.2 Å². The maximum atomic E-state index is 11.6. The highest BCUT2D eigenvalue weighted by Gasteiger charge is 2.35. The number of hydrogen-bond acceptors (Lipinski definition) is 4. The summed E-state index contributed by atoms with van der Waals surface area (Å²) in [4.78, 5) is 24.5. The van der Waals surface area contributed by atoms with Crippen molar-refractivity contribution in [2.24, 2.45) is 0 Å². The predicted molar refractivity (Wildman–Crippen MR) is 56.5 cm³/mol. The lowest BCUT2D eigenvalue weighted by Gasteiger charge is -2.15. The van der Waals surface area contributed by atoms with Gasteiger partial charge in [-0.25, -0.2) is 0 Å². The van der Waals surface area contributed by atoms with Gasteiger partial charge in [-0.2, -0.15) is 0 Å². The molecule has 0 aromatic heterocycles. The lowest BCUT2D eigenvalue weighted by molar-refractivity contribution is -0.114. The summed E-state index contributed by atoms with van der Waals surface area (Å²) < 4.78 is 0. The Bertz CT molecular complexity index is 455. The van der Waals surface area contributed by atoms with E-state index in [1.54, 1.807) is 0 Å². The first-order valence-corrected chi connectivity index (χ1v) is 4.95. The molecule has 0 aliphatic carbocycles. The highest BCUT2D eigenvalue weighted by molar-refractivity contribution is 6.52. The number of Topliss-reactive ketones (excluding diaryl/α,β-unsaturated/α-hetero) is 1. The number of aromatic hydroxyl groups is 1. The van der Waals surface area contributed by atoms with Gasteiger partial charge in [0.15, 0.2) is 0 Å². The van der Waals surface area contributed by atoms with Crippen LogP contribution < -0.4 is 4.90 Å². The summed E-state index contributed by atoms with van der Waals surface area (Å²) in [5.74, 6) is -1.25. The Kier molecular flexibility index (Phi) is 2.62. The Labute approximate surface area is 91.9 Å². The number of amides is 1. The molecule has 2 rings (SSSR count). The fourth-order valence-corrected chi connectivity index (χ4v) is 1.74. The van der Waals surface area contributed by atoms with Crippen LogP contribution in [0.5, 0.6) is 5.75 Å². The summed E-state index contributed by atoms with van der Waals surface area (Å²) >= 11 is 0. The Hall–Kier alpha value is -1.88. The van der Waals surface area contributed by atoms with E-state index in [1.807, 2.05) is 0 Å². The average molecular weight is 221 g/mol. The van der Waals surface area contributed by atoms with Crippen LogP contribution in [0, 0.1) is 0 Å². The van der Waals surface area contributed by atoms with Crippen LogP contribution in [0.1, 0.15) is 16.8 Å². The van der Waals surface area contributed by atoms with Gasteiger partial charge in [0.25, 0.3) is 11.7 Å². The third kappa shape index (κ3) is 1.55. The summed E-state index contributed by atoms with van der Waals surface area (Å²) in [7, 11) is 0. The van der Waals surface area contributed by atoms with Crippen LogP contribution in [0.15, 0.2) is 18.2 Å². The molecule has 5 nitrogen and oxygen atoms in total. The van der Waals surface area contributed by atoms with Gasteiger partial charge in [-0.15, -0.1) is 0 Å². The van der Waals surface area contributed by atoms with Gasteiger partial charge in [-0.3, -0.25) is 9.59 Å². The monoisotopic (exact) mass is 221 g/mol. The first-order chi connectivity index (χ1) is 7.65. The number of carbonyl (C=O) groups excluding carboxylic acids is 2. The standard InChI is InChI=1S/C11H11NO4/c13-5-1-4-12-9-3-2-7(14)6-8(9)10(15)11(12)16/h2-3,6,13-14H,1,4-5H2. The number of benzene rings is 1. The molecule has 16 heavy (non-hydrogen) atoms. The van der Waals surface area contributed by atoms with Crippen molar-refractivity contribution in [3.8, 4) is 5.75 Å². The van der Waals surface area contributed by atoms with E-state index in [0.29, 0.717) is 18.7 Å². The van der Waals surface area contributed by atoms with E-state index >= 15 is 0 Å². The van der Waals surface area contributed by atoms with E-state index < -0.39 is 11.7 Å². The van der Waals surface area contributed by atoms with Gasteiger partial charge in [0.05, 0.1) is 11.3 Å². The molecule has 1 heterocycles. The molecule has 2 N–H and O–H groups in total. The van der Waals surface area contributed by atoms with Crippen molar-refractivity contribution in [1.82, 2.24) is 0 Å². The molecule has 1 aromatic rings. The maximum Gasteiger partial charge on any atom is 0.299 e. The molecule has 0 atom stereocenters. The molecule has 0 saturated carbocycles. The number of rotatable bonds is 3. The molecular weight excluding hydrogens is 210 g/mol. The van der Waals surface area contributed by atoms with Crippen LogP contribution in [0.2, 0.25) is 0 Å². The van der Waals surface area contributed by atoms with E-state index in [0.717, 1.165) is 0 Å². The minimum Gasteiger partial charge on any atom is -0.508 e.